The van der Waals surface area contributed by atoms with E-state index in [-0.39, 0.29) is 12.0 Å². The van der Waals surface area contributed by atoms with Crippen LogP contribution >= 0.6 is 11.3 Å². The molecule has 1 amide bonds. The van der Waals surface area contributed by atoms with Crippen LogP contribution in [0.1, 0.15) is 21.7 Å². The van der Waals surface area contributed by atoms with Crippen molar-refractivity contribution in [1.29, 1.82) is 0 Å². The van der Waals surface area contributed by atoms with Crippen molar-refractivity contribution in [3.63, 3.8) is 0 Å². The second-order valence-corrected chi connectivity index (χ2v) is 5.47. The number of carbonyl (C=O) groups is 1. The van der Waals surface area contributed by atoms with Crippen LogP contribution in [0.5, 0.6) is 0 Å². The molecule has 6 heteroatoms. The SMILES string of the molecule is COC(CNC(=O)c1nc2ccccc2s1)c1ccco1. The van der Waals surface area contributed by atoms with Gasteiger partial charge in [-0.15, -0.1) is 11.3 Å². The summed E-state index contributed by atoms with van der Waals surface area (Å²) in [4.78, 5) is 16.5. The molecule has 1 atom stereocenters. The largest absolute Gasteiger partial charge is 0.467 e. The Bertz CT molecular complexity index is 703. The molecule has 3 aromatic rings. The van der Waals surface area contributed by atoms with Crippen LogP contribution in [0.2, 0.25) is 0 Å². The van der Waals surface area contributed by atoms with Gasteiger partial charge in [0.15, 0.2) is 5.01 Å². The van der Waals surface area contributed by atoms with E-state index in [0.717, 1.165) is 10.2 Å². The number of hydrogen-bond acceptors (Lipinski definition) is 5. The molecule has 0 bridgehead atoms. The van der Waals surface area contributed by atoms with Crippen molar-refractivity contribution in [3.05, 3.63) is 53.4 Å². The highest BCUT2D eigenvalue weighted by Gasteiger charge is 2.17. The van der Waals surface area contributed by atoms with Crippen molar-refractivity contribution in [2.45, 2.75) is 6.10 Å². The van der Waals surface area contributed by atoms with Gasteiger partial charge >= 0.3 is 0 Å². The van der Waals surface area contributed by atoms with Gasteiger partial charge in [-0.3, -0.25) is 4.79 Å². The molecule has 1 unspecified atom stereocenters. The van der Waals surface area contributed by atoms with Crippen LogP contribution in [0, 0.1) is 0 Å². The number of fused-ring (bicyclic) bond motifs is 1. The Morgan fingerprint density at radius 1 is 1.38 bits per heavy atom. The molecule has 0 spiro atoms. The zero-order chi connectivity index (χ0) is 14.7. The highest BCUT2D eigenvalue weighted by molar-refractivity contribution is 7.20. The molecule has 2 heterocycles. The smallest absolute Gasteiger partial charge is 0.280 e. The molecule has 21 heavy (non-hydrogen) atoms. The lowest BCUT2D eigenvalue weighted by atomic mass is 10.2. The third-order valence-corrected chi connectivity index (χ3v) is 4.12. The molecule has 0 radical (unpaired) electrons. The van der Waals surface area contributed by atoms with Gasteiger partial charge in [0, 0.05) is 7.11 Å². The number of nitrogens with one attached hydrogen (secondary N) is 1. The molecule has 0 saturated heterocycles. The molecule has 0 fully saturated rings. The zero-order valence-electron chi connectivity index (χ0n) is 11.4. The van der Waals surface area contributed by atoms with E-state index in [1.807, 2.05) is 30.3 Å². The molecule has 0 aliphatic heterocycles. The lowest BCUT2D eigenvalue weighted by Gasteiger charge is -2.12. The number of aromatic nitrogens is 1. The molecule has 0 aliphatic rings. The van der Waals surface area contributed by atoms with Crippen LogP contribution in [-0.2, 0) is 4.74 Å². The van der Waals surface area contributed by atoms with E-state index in [4.69, 9.17) is 9.15 Å². The average molecular weight is 302 g/mol. The number of carbonyl (C=O) groups excluding carboxylic acids is 1. The highest BCUT2D eigenvalue weighted by atomic mass is 32.1. The Morgan fingerprint density at radius 2 is 2.24 bits per heavy atom. The zero-order valence-corrected chi connectivity index (χ0v) is 12.2. The van der Waals surface area contributed by atoms with E-state index in [1.165, 1.54) is 11.3 Å². The average Bonchev–Trinajstić information content (AvgIpc) is 3.16. The van der Waals surface area contributed by atoms with Crippen LogP contribution in [0.15, 0.2) is 47.1 Å². The van der Waals surface area contributed by atoms with Crippen molar-refractivity contribution in [2.75, 3.05) is 13.7 Å². The standard InChI is InChI=1S/C15H14N2O3S/c1-19-12(11-6-4-8-20-11)9-16-14(18)15-17-10-5-2-3-7-13(10)21-15/h2-8,12H,9H2,1H3,(H,16,18). The number of rotatable bonds is 5. The molecule has 1 N–H and O–H groups in total. The van der Waals surface area contributed by atoms with Crippen molar-refractivity contribution >= 4 is 27.5 Å². The molecular formula is C15H14N2O3S. The number of ether oxygens (including phenoxy) is 1. The summed E-state index contributed by atoms with van der Waals surface area (Å²) in [5, 5.41) is 3.27. The van der Waals surface area contributed by atoms with Crippen molar-refractivity contribution in [3.8, 4) is 0 Å². The Kier molecular flexibility index (Phi) is 3.98. The third kappa shape index (κ3) is 2.96. The number of furan rings is 1. The number of benzene rings is 1. The van der Waals surface area contributed by atoms with E-state index in [0.29, 0.717) is 17.3 Å². The normalized spacial score (nSPS) is 12.4. The maximum absolute atomic E-state index is 12.2. The van der Waals surface area contributed by atoms with Gasteiger partial charge in [-0.2, -0.15) is 0 Å². The molecule has 108 valence electrons. The van der Waals surface area contributed by atoms with Gasteiger partial charge in [0.1, 0.15) is 11.9 Å². The summed E-state index contributed by atoms with van der Waals surface area (Å²) < 4.78 is 11.6. The van der Waals surface area contributed by atoms with Crippen LogP contribution in [0.25, 0.3) is 10.2 Å². The quantitative estimate of drug-likeness (QED) is 0.787. The maximum Gasteiger partial charge on any atom is 0.280 e. The van der Waals surface area contributed by atoms with Gasteiger partial charge < -0.3 is 14.5 Å². The lowest BCUT2D eigenvalue weighted by molar-refractivity contribution is 0.0738. The van der Waals surface area contributed by atoms with Crippen molar-refractivity contribution in [2.24, 2.45) is 0 Å². The number of methoxy groups -OCH3 is 1. The first-order valence-electron chi connectivity index (χ1n) is 6.48. The van der Waals surface area contributed by atoms with Crippen LogP contribution in [0.4, 0.5) is 0 Å². The van der Waals surface area contributed by atoms with Gasteiger partial charge in [-0.05, 0) is 24.3 Å². The van der Waals surface area contributed by atoms with E-state index in [2.05, 4.69) is 10.3 Å². The van der Waals surface area contributed by atoms with Crippen molar-refractivity contribution < 1.29 is 13.9 Å². The maximum atomic E-state index is 12.2. The van der Waals surface area contributed by atoms with Gasteiger partial charge in [-0.1, -0.05) is 12.1 Å². The minimum absolute atomic E-state index is 0.204. The van der Waals surface area contributed by atoms with Crippen LogP contribution < -0.4 is 5.32 Å². The fraction of sp³-hybridized carbons (Fsp3) is 0.200. The Labute approximate surface area is 125 Å². The summed E-state index contributed by atoms with van der Waals surface area (Å²) in [7, 11) is 1.58. The second kappa shape index (κ2) is 6.07. The second-order valence-electron chi connectivity index (χ2n) is 4.44. The van der Waals surface area contributed by atoms with E-state index in [9.17, 15) is 4.79 Å². The summed E-state index contributed by atoms with van der Waals surface area (Å²) in [6.07, 6.45) is 1.27. The first-order valence-corrected chi connectivity index (χ1v) is 7.29. The Morgan fingerprint density at radius 3 is 2.95 bits per heavy atom. The summed E-state index contributed by atoms with van der Waals surface area (Å²) >= 11 is 1.37. The van der Waals surface area contributed by atoms with E-state index < -0.39 is 0 Å². The number of amides is 1. The Hall–Kier alpha value is -2.18. The molecule has 1 aromatic carbocycles. The minimum atomic E-state index is -0.307. The van der Waals surface area contributed by atoms with Crippen LogP contribution in [0.3, 0.4) is 0 Å². The number of nitrogens with zero attached hydrogens (tertiary/aromatic N) is 1. The first kappa shape index (κ1) is 13.8. The van der Waals surface area contributed by atoms with Gasteiger partial charge in [0.05, 0.1) is 23.0 Å². The minimum Gasteiger partial charge on any atom is -0.467 e. The van der Waals surface area contributed by atoms with Gasteiger partial charge in [0.2, 0.25) is 0 Å². The summed E-state index contributed by atoms with van der Waals surface area (Å²) in [6.45, 7) is 0.332. The van der Waals surface area contributed by atoms with E-state index >= 15 is 0 Å². The molecule has 0 aliphatic carbocycles. The summed E-state index contributed by atoms with van der Waals surface area (Å²) in [5.41, 5.74) is 0.835. The number of thiazole rings is 1. The van der Waals surface area contributed by atoms with Gasteiger partial charge in [-0.25, -0.2) is 4.98 Å². The fourth-order valence-corrected chi connectivity index (χ4v) is 2.89. The highest BCUT2D eigenvalue weighted by Crippen LogP contribution is 2.22. The topological polar surface area (TPSA) is 64.4 Å². The predicted octanol–water partition coefficient (Wildman–Crippen LogP) is 3.01. The molecule has 3 rings (SSSR count). The first-order chi connectivity index (χ1) is 10.3. The Balaban J connectivity index is 1.68. The molecule has 0 saturated carbocycles. The summed E-state index contributed by atoms with van der Waals surface area (Å²) in [5.74, 6) is 0.479. The van der Waals surface area contributed by atoms with Crippen LogP contribution in [-0.4, -0.2) is 24.5 Å². The summed E-state index contributed by atoms with van der Waals surface area (Å²) in [6, 6.07) is 11.3. The third-order valence-electron chi connectivity index (χ3n) is 3.08. The molecule has 2 aromatic heterocycles. The van der Waals surface area contributed by atoms with E-state index in [1.54, 1.807) is 19.4 Å². The molecular weight excluding hydrogens is 288 g/mol. The number of para-hydroxylation sites is 1. The van der Waals surface area contributed by atoms with Crippen molar-refractivity contribution in [1.82, 2.24) is 10.3 Å². The lowest BCUT2D eigenvalue weighted by Crippen LogP contribution is -2.28. The fourth-order valence-electron chi connectivity index (χ4n) is 2.00. The predicted molar refractivity (Wildman–Crippen MR) is 80.4 cm³/mol. The monoisotopic (exact) mass is 302 g/mol. The van der Waals surface area contributed by atoms with Gasteiger partial charge in [0.25, 0.3) is 5.91 Å². The number of hydrogen-bond donors (Lipinski definition) is 1. The molecule has 5 nitrogen and oxygen atoms in total.